The third kappa shape index (κ3) is 13.5. The Hall–Kier alpha value is -1.47. The van der Waals surface area contributed by atoms with E-state index in [-0.39, 0.29) is 50.2 Å². The summed E-state index contributed by atoms with van der Waals surface area (Å²) in [5.74, 6) is -1.09. The summed E-state index contributed by atoms with van der Waals surface area (Å²) in [5, 5.41) is 0. The Morgan fingerprint density at radius 3 is 1.45 bits per heavy atom. The van der Waals surface area contributed by atoms with E-state index in [1.54, 1.807) is 60.3 Å². The number of ether oxygens (including phenoxy) is 2. The number of hydrogen-bond donors (Lipinski definition) is 0. The Balaban J connectivity index is 5.39. The average molecular weight is 462 g/mol. The van der Waals surface area contributed by atoms with Crippen molar-refractivity contribution in [3.05, 3.63) is 24.3 Å². The highest BCUT2D eigenvalue weighted by Gasteiger charge is 2.28. The van der Waals surface area contributed by atoms with Crippen LogP contribution < -0.4 is 0 Å². The lowest BCUT2D eigenvalue weighted by Crippen LogP contribution is -2.36. The normalized spacial score (nSPS) is 12.5. The molecular formula is C22H40NO7P. The van der Waals surface area contributed by atoms with Gasteiger partial charge in [-0.2, -0.15) is 0 Å². The summed E-state index contributed by atoms with van der Waals surface area (Å²) in [6, 6.07) is 0. The molecule has 0 rings (SSSR count). The van der Waals surface area contributed by atoms with Crippen LogP contribution in [0.5, 0.6) is 0 Å². The zero-order valence-corrected chi connectivity index (χ0v) is 21.3. The standard InChI is InChI=1S/C22H40NO7P/c1-11-27-31(26,28-12-2)14-13-23(15-17(3)19(24)29-21(5,6)7)16-18(4)20(25)30-22(8,9)10/h3-4,11-16H2,1-2,5-10H3. The minimum atomic E-state index is -3.31. The van der Waals surface area contributed by atoms with Crippen molar-refractivity contribution >= 4 is 19.5 Å². The summed E-state index contributed by atoms with van der Waals surface area (Å²) in [5.41, 5.74) is -0.918. The van der Waals surface area contributed by atoms with Crippen LogP contribution in [-0.4, -0.2) is 67.1 Å². The minimum Gasteiger partial charge on any atom is -0.457 e. The van der Waals surface area contributed by atoms with Crippen LogP contribution in [0.4, 0.5) is 0 Å². The van der Waals surface area contributed by atoms with Gasteiger partial charge in [0.15, 0.2) is 0 Å². The Morgan fingerprint density at radius 1 is 0.806 bits per heavy atom. The predicted octanol–water partition coefficient (Wildman–Crippen LogP) is 4.35. The van der Waals surface area contributed by atoms with Gasteiger partial charge in [-0.25, -0.2) is 9.59 Å². The van der Waals surface area contributed by atoms with E-state index >= 15 is 0 Å². The molecule has 0 aliphatic rings. The van der Waals surface area contributed by atoms with Gasteiger partial charge in [-0.05, 0) is 55.4 Å². The van der Waals surface area contributed by atoms with Crippen LogP contribution in [0.3, 0.4) is 0 Å². The first-order chi connectivity index (χ1) is 14.0. The van der Waals surface area contributed by atoms with Crippen LogP contribution in [0.2, 0.25) is 0 Å². The summed E-state index contributed by atoms with van der Waals surface area (Å²) in [7, 11) is -3.31. The molecule has 0 aliphatic heterocycles. The number of carbonyl (C=O) groups is 2. The van der Waals surface area contributed by atoms with Crippen molar-refractivity contribution in [3.8, 4) is 0 Å². The Bertz CT molecular complexity index is 637. The van der Waals surface area contributed by atoms with Gasteiger partial charge in [0.25, 0.3) is 0 Å². The van der Waals surface area contributed by atoms with E-state index in [4.69, 9.17) is 18.5 Å². The Morgan fingerprint density at radius 2 is 1.16 bits per heavy atom. The fourth-order valence-electron chi connectivity index (χ4n) is 2.41. The largest absolute Gasteiger partial charge is 0.457 e. The molecule has 0 aromatic heterocycles. The molecule has 0 atom stereocenters. The number of hydrogen-bond acceptors (Lipinski definition) is 8. The van der Waals surface area contributed by atoms with E-state index in [1.807, 2.05) is 0 Å². The number of carbonyl (C=O) groups excluding carboxylic acids is 2. The molecule has 0 unspecified atom stereocenters. The molecule has 0 aromatic rings. The maximum absolute atomic E-state index is 12.8. The highest BCUT2D eigenvalue weighted by atomic mass is 31.2. The second-order valence-corrected chi connectivity index (χ2v) is 11.3. The molecular weight excluding hydrogens is 421 g/mol. The molecule has 31 heavy (non-hydrogen) atoms. The molecule has 180 valence electrons. The molecule has 0 amide bonds. The molecule has 0 radical (unpaired) electrons. The van der Waals surface area contributed by atoms with Crippen molar-refractivity contribution in [2.24, 2.45) is 0 Å². The van der Waals surface area contributed by atoms with Crippen molar-refractivity contribution < 1.29 is 32.7 Å². The first kappa shape index (κ1) is 29.5. The van der Waals surface area contributed by atoms with Crippen LogP contribution in [0, 0.1) is 0 Å². The van der Waals surface area contributed by atoms with E-state index in [1.165, 1.54) is 0 Å². The lowest BCUT2D eigenvalue weighted by Gasteiger charge is -2.27. The summed E-state index contributed by atoms with van der Waals surface area (Å²) in [6.07, 6.45) is 0.0812. The number of rotatable bonds is 13. The quantitative estimate of drug-likeness (QED) is 0.227. The predicted molar refractivity (Wildman–Crippen MR) is 122 cm³/mol. The lowest BCUT2D eigenvalue weighted by atomic mass is 10.1. The van der Waals surface area contributed by atoms with Crippen LogP contribution in [0.1, 0.15) is 55.4 Å². The first-order valence-electron chi connectivity index (χ1n) is 10.4. The Labute approximate surface area is 187 Å². The van der Waals surface area contributed by atoms with Crippen molar-refractivity contribution in [2.75, 3.05) is 39.0 Å². The highest BCUT2D eigenvalue weighted by Crippen LogP contribution is 2.47. The molecule has 0 fully saturated rings. The second-order valence-electron chi connectivity index (χ2n) is 9.09. The molecule has 0 N–H and O–H groups in total. The summed E-state index contributed by atoms with van der Waals surface area (Å²) < 4.78 is 34.2. The van der Waals surface area contributed by atoms with Crippen molar-refractivity contribution in [1.82, 2.24) is 4.90 Å². The van der Waals surface area contributed by atoms with E-state index < -0.39 is 30.7 Å². The average Bonchev–Trinajstić information content (AvgIpc) is 2.57. The summed E-state index contributed by atoms with van der Waals surface area (Å²) >= 11 is 0. The van der Waals surface area contributed by atoms with Gasteiger partial charge in [0.1, 0.15) is 11.2 Å². The summed E-state index contributed by atoms with van der Waals surface area (Å²) in [4.78, 5) is 26.4. The highest BCUT2D eigenvalue weighted by molar-refractivity contribution is 7.53. The third-order valence-electron chi connectivity index (χ3n) is 3.55. The van der Waals surface area contributed by atoms with Crippen LogP contribution in [0.15, 0.2) is 24.3 Å². The smallest absolute Gasteiger partial charge is 0.335 e. The van der Waals surface area contributed by atoms with E-state index in [2.05, 4.69) is 13.2 Å². The van der Waals surface area contributed by atoms with Gasteiger partial charge in [-0.1, -0.05) is 13.2 Å². The molecule has 0 aromatic carbocycles. The van der Waals surface area contributed by atoms with Gasteiger partial charge < -0.3 is 18.5 Å². The lowest BCUT2D eigenvalue weighted by molar-refractivity contribution is -0.150. The van der Waals surface area contributed by atoms with Gasteiger partial charge in [0, 0.05) is 30.8 Å². The fraction of sp³-hybridized carbons (Fsp3) is 0.727. The molecule has 0 aliphatic carbocycles. The van der Waals surface area contributed by atoms with E-state index in [9.17, 15) is 14.2 Å². The molecule has 0 saturated heterocycles. The van der Waals surface area contributed by atoms with Crippen molar-refractivity contribution in [1.29, 1.82) is 0 Å². The van der Waals surface area contributed by atoms with Crippen LogP contribution in [-0.2, 0) is 32.7 Å². The second kappa shape index (κ2) is 12.5. The molecule has 8 nitrogen and oxygen atoms in total. The number of esters is 2. The molecule has 9 heteroatoms. The SMILES string of the molecule is C=C(CN(CCP(=O)(OCC)OCC)CC(=C)C(=O)OC(C)(C)C)C(=O)OC(C)(C)C. The monoisotopic (exact) mass is 461 g/mol. The van der Waals surface area contributed by atoms with Crippen molar-refractivity contribution in [3.63, 3.8) is 0 Å². The molecule has 0 spiro atoms. The molecule has 0 bridgehead atoms. The first-order valence-corrected chi connectivity index (χ1v) is 12.2. The zero-order chi connectivity index (χ0) is 24.5. The van der Waals surface area contributed by atoms with E-state index in [0.29, 0.717) is 0 Å². The maximum atomic E-state index is 12.8. The third-order valence-corrected chi connectivity index (χ3v) is 5.60. The summed E-state index contributed by atoms with van der Waals surface area (Å²) in [6.45, 7) is 22.6. The van der Waals surface area contributed by atoms with Gasteiger partial charge >= 0.3 is 19.5 Å². The molecule has 0 saturated carbocycles. The topological polar surface area (TPSA) is 91.4 Å². The van der Waals surface area contributed by atoms with Crippen LogP contribution >= 0.6 is 7.60 Å². The van der Waals surface area contributed by atoms with Gasteiger partial charge in [0.05, 0.1) is 19.4 Å². The van der Waals surface area contributed by atoms with E-state index in [0.717, 1.165) is 0 Å². The van der Waals surface area contributed by atoms with Crippen LogP contribution in [0.25, 0.3) is 0 Å². The zero-order valence-electron chi connectivity index (χ0n) is 20.4. The molecule has 0 heterocycles. The number of nitrogens with zero attached hydrogens (tertiary/aromatic N) is 1. The fourth-order valence-corrected chi connectivity index (χ4v) is 4.05. The maximum Gasteiger partial charge on any atom is 0.335 e. The van der Waals surface area contributed by atoms with Gasteiger partial charge in [0.2, 0.25) is 0 Å². The van der Waals surface area contributed by atoms with Gasteiger partial charge in [-0.15, -0.1) is 0 Å². The van der Waals surface area contributed by atoms with Crippen molar-refractivity contribution in [2.45, 2.75) is 66.6 Å². The Kier molecular flexibility index (Phi) is 11.9. The minimum absolute atomic E-state index is 0.0812. The van der Waals surface area contributed by atoms with Gasteiger partial charge in [-0.3, -0.25) is 9.46 Å².